The third kappa shape index (κ3) is 2.85. The van der Waals surface area contributed by atoms with Gasteiger partial charge in [-0.25, -0.2) is 0 Å². The van der Waals surface area contributed by atoms with Crippen LogP contribution in [0.4, 0.5) is 0 Å². The average molecular weight is 251 g/mol. The van der Waals surface area contributed by atoms with E-state index < -0.39 is 0 Å². The third-order valence-electron chi connectivity index (χ3n) is 4.19. The standard InChI is InChI=1S/C15H25NO2/c1-12(14-8-4-5-9-15(14)18-3)16-10-6-7-13(16)11-17-2/h4-5,8,12-13,15H,6-7,9-11H2,1-3H3. The van der Waals surface area contributed by atoms with Gasteiger partial charge < -0.3 is 9.47 Å². The number of nitrogens with zero attached hydrogens (tertiary/aromatic N) is 1. The maximum Gasteiger partial charge on any atom is 0.0833 e. The van der Waals surface area contributed by atoms with E-state index in [1.807, 2.05) is 0 Å². The number of hydrogen-bond donors (Lipinski definition) is 0. The van der Waals surface area contributed by atoms with Gasteiger partial charge in [-0.15, -0.1) is 0 Å². The first-order valence-corrected chi connectivity index (χ1v) is 6.92. The third-order valence-corrected chi connectivity index (χ3v) is 4.19. The van der Waals surface area contributed by atoms with Crippen molar-refractivity contribution < 1.29 is 9.47 Å². The summed E-state index contributed by atoms with van der Waals surface area (Å²) in [7, 11) is 3.60. The van der Waals surface area contributed by atoms with Crippen LogP contribution in [0, 0.1) is 0 Å². The van der Waals surface area contributed by atoms with E-state index in [1.54, 1.807) is 14.2 Å². The summed E-state index contributed by atoms with van der Waals surface area (Å²) in [5.74, 6) is 0. The molecule has 0 aromatic heterocycles. The highest BCUT2D eigenvalue weighted by atomic mass is 16.5. The zero-order valence-corrected chi connectivity index (χ0v) is 11.8. The maximum atomic E-state index is 5.60. The molecule has 0 radical (unpaired) electrons. The molecule has 1 saturated heterocycles. The van der Waals surface area contributed by atoms with Crippen LogP contribution in [0.15, 0.2) is 23.8 Å². The fraction of sp³-hybridized carbons (Fsp3) is 0.733. The van der Waals surface area contributed by atoms with Gasteiger partial charge in [0.15, 0.2) is 0 Å². The predicted molar refractivity (Wildman–Crippen MR) is 73.7 cm³/mol. The fourth-order valence-corrected chi connectivity index (χ4v) is 3.20. The maximum absolute atomic E-state index is 5.60. The van der Waals surface area contributed by atoms with Gasteiger partial charge >= 0.3 is 0 Å². The summed E-state index contributed by atoms with van der Waals surface area (Å²) in [4.78, 5) is 2.57. The van der Waals surface area contributed by atoms with Gasteiger partial charge in [0.25, 0.3) is 0 Å². The van der Waals surface area contributed by atoms with Crippen LogP contribution in [0.2, 0.25) is 0 Å². The second-order valence-electron chi connectivity index (χ2n) is 5.22. The lowest BCUT2D eigenvalue weighted by atomic mass is 9.94. The van der Waals surface area contributed by atoms with E-state index in [0.717, 1.165) is 13.0 Å². The molecular formula is C15H25NO2. The molecule has 2 aliphatic rings. The Balaban J connectivity index is 2.07. The number of hydrogen-bond acceptors (Lipinski definition) is 3. The van der Waals surface area contributed by atoms with Crippen molar-refractivity contribution in [1.82, 2.24) is 4.90 Å². The van der Waals surface area contributed by atoms with E-state index >= 15 is 0 Å². The molecule has 1 aliphatic heterocycles. The molecule has 2 rings (SSSR count). The molecule has 18 heavy (non-hydrogen) atoms. The first kappa shape index (κ1) is 13.8. The fourth-order valence-electron chi connectivity index (χ4n) is 3.20. The molecule has 0 saturated carbocycles. The highest BCUT2D eigenvalue weighted by Gasteiger charge is 2.32. The molecule has 102 valence electrons. The second-order valence-corrected chi connectivity index (χ2v) is 5.22. The summed E-state index contributed by atoms with van der Waals surface area (Å²) in [6.45, 7) is 4.31. The van der Waals surface area contributed by atoms with Crippen LogP contribution in [-0.2, 0) is 9.47 Å². The van der Waals surface area contributed by atoms with Crippen molar-refractivity contribution in [2.45, 2.75) is 44.4 Å². The molecule has 3 heteroatoms. The number of rotatable bonds is 5. The summed E-state index contributed by atoms with van der Waals surface area (Å²) in [5, 5.41) is 0. The second kappa shape index (κ2) is 6.50. The van der Waals surface area contributed by atoms with Gasteiger partial charge in [-0.1, -0.05) is 18.2 Å². The molecule has 0 N–H and O–H groups in total. The van der Waals surface area contributed by atoms with Crippen LogP contribution < -0.4 is 0 Å². The van der Waals surface area contributed by atoms with Crippen molar-refractivity contribution in [3.8, 4) is 0 Å². The van der Waals surface area contributed by atoms with Crippen LogP contribution in [0.3, 0.4) is 0 Å². The van der Waals surface area contributed by atoms with Gasteiger partial charge in [0, 0.05) is 26.3 Å². The number of methoxy groups -OCH3 is 2. The van der Waals surface area contributed by atoms with Gasteiger partial charge in [-0.2, -0.15) is 0 Å². The molecule has 3 atom stereocenters. The average Bonchev–Trinajstić information content (AvgIpc) is 2.86. The van der Waals surface area contributed by atoms with Crippen molar-refractivity contribution in [2.24, 2.45) is 0 Å². The summed E-state index contributed by atoms with van der Waals surface area (Å²) in [6, 6.07) is 1.01. The molecule has 0 bridgehead atoms. The van der Waals surface area contributed by atoms with E-state index in [1.165, 1.54) is 25.0 Å². The zero-order valence-electron chi connectivity index (χ0n) is 11.8. The van der Waals surface area contributed by atoms with Gasteiger partial charge in [0.2, 0.25) is 0 Å². The van der Waals surface area contributed by atoms with E-state index in [9.17, 15) is 0 Å². The lowest BCUT2D eigenvalue weighted by molar-refractivity contribution is 0.0808. The number of allylic oxidation sites excluding steroid dienone is 2. The van der Waals surface area contributed by atoms with Gasteiger partial charge in [-0.3, -0.25) is 4.90 Å². The molecule has 1 fully saturated rings. The smallest absolute Gasteiger partial charge is 0.0833 e. The Morgan fingerprint density at radius 2 is 2.28 bits per heavy atom. The van der Waals surface area contributed by atoms with E-state index in [4.69, 9.17) is 9.47 Å². The van der Waals surface area contributed by atoms with Gasteiger partial charge in [0.1, 0.15) is 0 Å². The van der Waals surface area contributed by atoms with Crippen LogP contribution >= 0.6 is 0 Å². The normalized spacial score (nSPS) is 30.5. The SMILES string of the molecule is COCC1CCCN1C(C)C1=CC=CCC1OC. The van der Waals surface area contributed by atoms with E-state index in [2.05, 4.69) is 30.1 Å². The molecule has 3 nitrogen and oxygen atoms in total. The van der Waals surface area contributed by atoms with Gasteiger partial charge in [-0.05, 0) is 38.3 Å². The quantitative estimate of drug-likeness (QED) is 0.749. The topological polar surface area (TPSA) is 21.7 Å². The first-order valence-electron chi connectivity index (χ1n) is 6.92. The summed E-state index contributed by atoms with van der Waals surface area (Å²) < 4.78 is 10.9. The molecule has 1 aliphatic carbocycles. The summed E-state index contributed by atoms with van der Waals surface area (Å²) in [6.07, 6.45) is 10.3. The lowest BCUT2D eigenvalue weighted by Gasteiger charge is -2.35. The Labute approximate surface area is 110 Å². The Hall–Kier alpha value is -0.640. The Kier molecular flexibility index (Phi) is 4.98. The molecule has 0 aromatic carbocycles. The van der Waals surface area contributed by atoms with Crippen molar-refractivity contribution >= 4 is 0 Å². The van der Waals surface area contributed by atoms with Crippen molar-refractivity contribution in [2.75, 3.05) is 27.4 Å². The minimum absolute atomic E-state index is 0.244. The van der Waals surface area contributed by atoms with Crippen LogP contribution in [0.25, 0.3) is 0 Å². The summed E-state index contributed by atoms with van der Waals surface area (Å²) >= 11 is 0. The molecular weight excluding hydrogens is 226 g/mol. The Bertz CT molecular complexity index is 324. The largest absolute Gasteiger partial charge is 0.383 e. The molecule has 3 unspecified atom stereocenters. The van der Waals surface area contributed by atoms with Crippen LogP contribution in [-0.4, -0.2) is 50.5 Å². The number of likely N-dealkylation sites (tertiary alicyclic amines) is 1. The highest BCUT2D eigenvalue weighted by molar-refractivity contribution is 5.27. The molecule has 0 amide bonds. The first-order chi connectivity index (χ1) is 8.77. The molecule has 0 spiro atoms. The van der Waals surface area contributed by atoms with Crippen LogP contribution in [0.5, 0.6) is 0 Å². The minimum Gasteiger partial charge on any atom is -0.383 e. The Morgan fingerprint density at radius 3 is 3.00 bits per heavy atom. The van der Waals surface area contributed by atoms with E-state index in [0.29, 0.717) is 12.1 Å². The van der Waals surface area contributed by atoms with E-state index in [-0.39, 0.29) is 6.10 Å². The Morgan fingerprint density at radius 1 is 1.44 bits per heavy atom. The van der Waals surface area contributed by atoms with Crippen LogP contribution in [0.1, 0.15) is 26.2 Å². The monoisotopic (exact) mass is 251 g/mol. The predicted octanol–water partition coefficient (Wildman–Crippen LogP) is 2.39. The van der Waals surface area contributed by atoms with Crippen molar-refractivity contribution in [1.29, 1.82) is 0 Å². The van der Waals surface area contributed by atoms with Gasteiger partial charge in [0.05, 0.1) is 12.7 Å². The summed E-state index contributed by atoms with van der Waals surface area (Å²) in [5.41, 5.74) is 1.41. The molecule has 0 aromatic rings. The zero-order chi connectivity index (χ0) is 13.0. The van der Waals surface area contributed by atoms with Crippen molar-refractivity contribution in [3.63, 3.8) is 0 Å². The molecule has 1 heterocycles. The highest BCUT2D eigenvalue weighted by Crippen LogP contribution is 2.28. The van der Waals surface area contributed by atoms with Crippen molar-refractivity contribution in [3.05, 3.63) is 23.8 Å². The minimum atomic E-state index is 0.244. The number of ether oxygens (including phenoxy) is 2. The lowest BCUT2D eigenvalue weighted by Crippen LogP contribution is -2.43.